The summed E-state index contributed by atoms with van der Waals surface area (Å²) in [6, 6.07) is 5.93. The third kappa shape index (κ3) is 3.19. The van der Waals surface area contributed by atoms with E-state index in [0.717, 1.165) is 15.7 Å². The minimum atomic E-state index is 0.00533. The first-order valence-corrected chi connectivity index (χ1v) is 7.07. The number of aryl methyl sites for hydroxylation is 1. The van der Waals surface area contributed by atoms with Gasteiger partial charge >= 0.3 is 0 Å². The summed E-state index contributed by atoms with van der Waals surface area (Å²) in [6.07, 6.45) is 1.44. The maximum absolute atomic E-state index is 6.04. The summed E-state index contributed by atoms with van der Waals surface area (Å²) in [5.41, 5.74) is 8.46. The lowest BCUT2D eigenvalue weighted by Crippen LogP contribution is -2.11. The van der Waals surface area contributed by atoms with Crippen molar-refractivity contribution >= 4 is 33.1 Å². The third-order valence-electron chi connectivity index (χ3n) is 2.64. The maximum atomic E-state index is 6.04. The minimum Gasteiger partial charge on any atom is -0.473 e. The van der Waals surface area contributed by atoms with E-state index in [4.69, 9.17) is 10.5 Å². The van der Waals surface area contributed by atoms with Gasteiger partial charge in [0.25, 0.3) is 0 Å². The topological polar surface area (TPSA) is 73.1 Å². The number of ether oxygens (including phenoxy) is 1. The lowest BCUT2D eigenvalue weighted by molar-refractivity contribution is 0.234. The Hall–Kier alpha value is -1.82. The Morgan fingerprint density at radius 2 is 2.05 bits per heavy atom. The second-order valence-electron chi connectivity index (χ2n) is 4.67. The molecule has 0 spiro atoms. The summed E-state index contributed by atoms with van der Waals surface area (Å²) in [6.45, 7) is 5.86. The van der Waals surface area contributed by atoms with Crippen molar-refractivity contribution in [2.24, 2.45) is 0 Å². The molecule has 0 unspecified atom stereocenters. The zero-order chi connectivity index (χ0) is 14.7. The first kappa shape index (κ1) is 14.6. The second-order valence-corrected chi connectivity index (χ2v) is 5.46. The van der Waals surface area contributed by atoms with Crippen LogP contribution in [0.1, 0.15) is 19.4 Å². The van der Waals surface area contributed by atoms with Crippen LogP contribution in [0.4, 0.5) is 17.2 Å². The van der Waals surface area contributed by atoms with Crippen LogP contribution >= 0.6 is 15.9 Å². The van der Waals surface area contributed by atoms with Crippen LogP contribution in [0, 0.1) is 6.92 Å². The smallest absolute Gasteiger partial charge is 0.242 e. The third-order valence-corrected chi connectivity index (χ3v) is 3.69. The SMILES string of the molecule is Cc1cccc(Nc2ncnc(OC(C)C)c2N)c1Br. The number of hydrogen-bond donors (Lipinski definition) is 2. The highest BCUT2D eigenvalue weighted by Crippen LogP contribution is 2.32. The van der Waals surface area contributed by atoms with Crippen LogP contribution in [0.15, 0.2) is 29.0 Å². The van der Waals surface area contributed by atoms with Gasteiger partial charge in [-0.15, -0.1) is 0 Å². The highest BCUT2D eigenvalue weighted by Gasteiger charge is 2.12. The van der Waals surface area contributed by atoms with Gasteiger partial charge in [0, 0.05) is 4.47 Å². The molecule has 0 aliphatic carbocycles. The van der Waals surface area contributed by atoms with Gasteiger partial charge in [-0.05, 0) is 48.3 Å². The molecule has 5 nitrogen and oxygen atoms in total. The standard InChI is InChI=1S/C14H17BrN4O/c1-8(2)20-14-12(16)13(17-7-18-14)19-10-6-4-5-9(3)11(10)15/h4-8H,16H2,1-3H3,(H,17,18,19). The van der Waals surface area contributed by atoms with Crippen molar-refractivity contribution in [2.45, 2.75) is 26.9 Å². The summed E-state index contributed by atoms with van der Waals surface area (Å²) in [5.74, 6) is 0.920. The number of hydrogen-bond acceptors (Lipinski definition) is 5. The molecule has 6 heteroatoms. The number of anilines is 3. The van der Waals surface area contributed by atoms with Crippen molar-refractivity contribution in [3.8, 4) is 5.88 Å². The number of nitrogen functional groups attached to an aromatic ring is 1. The molecule has 0 atom stereocenters. The van der Waals surface area contributed by atoms with Gasteiger partial charge in [0.15, 0.2) is 5.82 Å². The van der Waals surface area contributed by atoms with Crippen LogP contribution in [-0.2, 0) is 0 Å². The van der Waals surface area contributed by atoms with Gasteiger partial charge in [-0.1, -0.05) is 12.1 Å². The molecule has 0 saturated heterocycles. The first-order valence-electron chi connectivity index (χ1n) is 6.28. The second kappa shape index (κ2) is 6.09. The minimum absolute atomic E-state index is 0.00533. The molecular weight excluding hydrogens is 320 g/mol. The summed E-state index contributed by atoms with van der Waals surface area (Å²) < 4.78 is 6.53. The van der Waals surface area contributed by atoms with Gasteiger partial charge in [-0.3, -0.25) is 0 Å². The molecular formula is C14H17BrN4O. The summed E-state index contributed by atoms with van der Waals surface area (Å²) in [5, 5.41) is 3.19. The van der Waals surface area contributed by atoms with Crippen molar-refractivity contribution in [1.82, 2.24) is 9.97 Å². The van der Waals surface area contributed by atoms with E-state index in [1.165, 1.54) is 6.33 Å². The Labute approximate surface area is 126 Å². The Morgan fingerprint density at radius 3 is 2.75 bits per heavy atom. The molecule has 0 aliphatic heterocycles. The van der Waals surface area contributed by atoms with Gasteiger partial charge < -0.3 is 15.8 Å². The molecule has 0 fully saturated rings. The molecule has 0 bridgehead atoms. The lowest BCUT2D eigenvalue weighted by Gasteiger charge is -2.14. The van der Waals surface area contributed by atoms with Crippen LogP contribution in [0.5, 0.6) is 5.88 Å². The fraction of sp³-hybridized carbons (Fsp3) is 0.286. The van der Waals surface area contributed by atoms with E-state index in [1.807, 2.05) is 39.0 Å². The molecule has 1 aromatic heterocycles. The van der Waals surface area contributed by atoms with Crippen molar-refractivity contribution < 1.29 is 4.74 Å². The number of halogens is 1. The number of benzene rings is 1. The highest BCUT2D eigenvalue weighted by molar-refractivity contribution is 9.10. The predicted octanol–water partition coefficient (Wildman–Crippen LogP) is 3.66. The number of nitrogens with two attached hydrogens (primary N) is 1. The van der Waals surface area contributed by atoms with Gasteiger partial charge in [-0.2, -0.15) is 4.98 Å². The maximum Gasteiger partial charge on any atom is 0.242 e. The Kier molecular flexibility index (Phi) is 4.44. The van der Waals surface area contributed by atoms with E-state index in [1.54, 1.807) is 0 Å². The van der Waals surface area contributed by atoms with Crippen molar-refractivity contribution in [3.05, 3.63) is 34.6 Å². The van der Waals surface area contributed by atoms with Crippen molar-refractivity contribution in [3.63, 3.8) is 0 Å². The molecule has 2 rings (SSSR count). The Bertz CT molecular complexity index is 616. The summed E-state index contributed by atoms with van der Waals surface area (Å²) in [7, 11) is 0. The predicted molar refractivity (Wildman–Crippen MR) is 84.4 cm³/mol. The molecule has 106 valence electrons. The van der Waals surface area contributed by atoms with Gasteiger partial charge in [-0.25, -0.2) is 4.98 Å². The molecule has 20 heavy (non-hydrogen) atoms. The van der Waals surface area contributed by atoms with Crippen LogP contribution < -0.4 is 15.8 Å². The molecule has 0 aliphatic rings. The summed E-state index contributed by atoms with van der Waals surface area (Å²) >= 11 is 3.54. The summed E-state index contributed by atoms with van der Waals surface area (Å²) in [4.78, 5) is 8.21. The average Bonchev–Trinajstić information content (AvgIpc) is 2.39. The molecule has 0 radical (unpaired) electrons. The van der Waals surface area contributed by atoms with Crippen LogP contribution in [0.2, 0.25) is 0 Å². The molecule has 3 N–H and O–H groups in total. The van der Waals surface area contributed by atoms with E-state index in [0.29, 0.717) is 17.4 Å². The zero-order valence-electron chi connectivity index (χ0n) is 11.6. The van der Waals surface area contributed by atoms with Crippen molar-refractivity contribution in [1.29, 1.82) is 0 Å². The first-order chi connectivity index (χ1) is 9.49. The lowest BCUT2D eigenvalue weighted by atomic mass is 10.2. The Balaban J connectivity index is 2.32. The largest absolute Gasteiger partial charge is 0.473 e. The van der Waals surface area contributed by atoms with Crippen LogP contribution in [0.3, 0.4) is 0 Å². The van der Waals surface area contributed by atoms with E-state index in [-0.39, 0.29) is 6.10 Å². The molecule has 1 heterocycles. The van der Waals surface area contributed by atoms with Crippen LogP contribution in [-0.4, -0.2) is 16.1 Å². The monoisotopic (exact) mass is 336 g/mol. The average molecular weight is 337 g/mol. The molecule has 0 amide bonds. The molecule has 0 saturated carbocycles. The van der Waals surface area contributed by atoms with E-state index >= 15 is 0 Å². The van der Waals surface area contributed by atoms with Gasteiger partial charge in [0.1, 0.15) is 12.0 Å². The van der Waals surface area contributed by atoms with Crippen molar-refractivity contribution in [2.75, 3.05) is 11.1 Å². The number of rotatable bonds is 4. The van der Waals surface area contributed by atoms with E-state index in [9.17, 15) is 0 Å². The van der Waals surface area contributed by atoms with E-state index < -0.39 is 0 Å². The fourth-order valence-corrected chi connectivity index (χ4v) is 2.03. The normalized spacial score (nSPS) is 10.7. The zero-order valence-corrected chi connectivity index (χ0v) is 13.2. The highest BCUT2D eigenvalue weighted by atomic mass is 79.9. The molecule has 2 aromatic rings. The van der Waals surface area contributed by atoms with E-state index in [2.05, 4.69) is 31.2 Å². The quantitative estimate of drug-likeness (QED) is 0.891. The Morgan fingerprint density at radius 1 is 1.30 bits per heavy atom. The fourth-order valence-electron chi connectivity index (χ4n) is 1.67. The number of nitrogens with zero attached hydrogens (tertiary/aromatic N) is 2. The van der Waals surface area contributed by atoms with Gasteiger partial charge in [0.2, 0.25) is 5.88 Å². The van der Waals surface area contributed by atoms with Gasteiger partial charge in [0.05, 0.1) is 11.8 Å². The number of aromatic nitrogens is 2. The number of nitrogens with one attached hydrogen (secondary N) is 1. The van der Waals surface area contributed by atoms with Crippen LogP contribution in [0.25, 0.3) is 0 Å². The molecule has 1 aromatic carbocycles.